The van der Waals surface area contributed by atoms with Crippen LogP contribution in [0, 0.1) is 0 Å². The molecule has 0 aliphatic rings. The molecule has 24 heavy (non-hydrogen) atoms. The summed E-state index contributed by atoms with van der Waals surface area (Å²) < 4.78 is 27.4. The third-order valence-corrected chi connectivity index (χ3v) is 4.49. The predicted molar refractivity (Wildman–Crippen MR) is 98.4 cm³/mol. The lowest BCUT2D eigenvalue weighted by Gasteiger charge is -2.16. The van der Waals surface area contributed by atoms with Crippen molar-refractivity contribution in [2.75, 3.05) is 23.8 Å². The second kappa shape index (κ2) is 9.23. The largest absolute Gasteiger partial charge is 0.457 e. The lowest BCUT2D eigenvalue weighted by molar-refractivity contribution is 0.221. The Balaban J connectivity index is 2.29. The molecule has 0 aliphatic carbocycles. The van der Waals surface area contributed by atoms with E-state index in [4.69, 9.17) is 9.05 Å². The molecule has 0 saturated carbocycles. The highest BCUT2D eigenvalue weighted by Crippen LogP contribution is 2.49. The molecule has 2 aromatic rings. The summed E-state index contributed by atoms with van der Waals surface area (Å²) in [5, 5.41) is 6.21. The highest BCUT2D eigenvalue weighted by Gasteiger charge is 2.24. The van der Waals surface area contributed by atoms with E-state index in [1.54, 1.807) is 13.8 Å². The van der Waals surface area contributed by atoms with Crippen molar-refractivity contribution in [3.63, 3.8) is 0 Å². The van der Waals surface area contributed by atoms with Crippen LogP contribution in [0.15, 0.2) is 65.4 Å². The summed E-state index contributed by atoms with van der Waals surface area (Å²) in [7, 11) is -3.59. The number of hydrogen-bond donors (Lipinski definition) is 2. The smallest absolute Gasteiger partial charge is 0.326 e. The molecule has 2 aromatic carbocycles. The van der Waals surface area contributed by atoms with E-state index in [0.717, 1.165) is 11.4 Å². The number of nitrogens with zero attached hydrogens (tertiary/aromatic N) is 1. The van der Waals surface area contributed by atoms with Gasteiger partial charge in [-0.3, -0.25) is 9.05 Å². The molecule has 0 spiro atoms. The number of anilines is 2. The minimum atomic E-state index is -3.59. The molecule has 6 nitrogen and oxygen atoms in total. The van der Waals surface area contributed by atoms with Gasteiger partial charge in [-0.2, -0.15) is 0 Å². The minimum Gasteiger partial charge on any atom is -0.326 e. The zero-order valence-electron chi connectivity index (χ0n) is 13.8. The number of para-hydroxylation sites is 2. The van der Waals surface area contributed by atoms with Crippen molar-refractivity contribution < 1.29 is 13.6 Å². The van der Waals surface area contributed by atoms with Gasteiger partial charge >= 0.3 is 7.75 Å². The fourth-order valence-corrected chi connectivity index (χ4v) is 3.13. The van der Waals surface area contributed by atoms with E-state index in [2.05, 4.69) is 15.4 Å². The van der Waals surface area contributed by atoms with Gasteiger partial charge in [-0.05, 0) is 38.1 Å². The van der Waals surface area contributed by atoms with Crippen LogP contribution >= 0.6 is 7.75 Å². The second-order valence-corrected chi connectivity index (χ2v) is 6.39. The topological polar surface area (TPSA) is 72.0 Å². The molecule has 0 radical (unpaired) electrons. The number of hydrogen-bond acceptors (Lipinski definition) is 3. The summed E-state index contributed by atoms with van der Waals surface area (Å²) >= 11 is 0. The van der Waals surface area contributed by atoms with E-state index < -0.39 is 7.75 Å². The third kappa shape index (κ3) is 5.81. The van der Waals surface area contributed by atoms with Crippen LogP contribution in [0.4, 0.5) is 11.4 Å². The van der Waals surface area contributed by atoms with Crippen molar-refractivity contribution in [1.82, 2.24) is 0 Å². The molecule has 0 saturated heterocycles. The Morgan fingerprint density at radius 3 is 1.67 bits per heavy atom. The second-order valence-electron chi connectivity index (χ2n) is 4.73. The summed E-state index contributed by atoms with van der Waals surface area (Å²) in [6.07, 6.45) is 0. The Kier molecular flexibility index (Phi) is 7.00. The van der Waals surface area contributed by atoms with Crippen LogP contribution < -0.4 is 10.6 Å². The number of guanidine groups is 1. The van der Waals surface area contributed by atoms with Crippen LogP contribution in [0.25, 0.3) is 0 Å². The molecule has 0 heterocycles. The lowest BCUT2D eigenvalue weighted by atomic mass is 10.3. The average molecular weight is 347 g/mol. The first-order valence-corrected chi connectivity index (χ1v) is 9.28. The first-order chi connectivity index (χ1) is 11.6. The highest BCUT2D eigenvalue weighted by atomic mass is 31.2. The standard InChI is InChI=1S/C17H22N3O3P/c1-3-22-24(21,23-4-2)20-17(18-15-11-7-5-8-12-15)19-16-13-9-6-10-14-16/h5-14H,3-4H2,1-2H3,(H2,18,19,20,21). The van der Waals surface area contributed by atoms with Crippen LogP contribution in [0.5, 0.6) is 0 Å². The molecule has 7 heteroatoms. The Bertz CT molecular complexity index is 639. The summed E-state index contributed by atoms with van der Waals surface area (Å²) in [4.78, 5) is 0. The first kappa shape index (κ1) is 18.2. The van der Waals surface area contributed by atoms with Gasteiger partial charge in [0.25, 0.3) is 0 Å². The fraction of sp³-hybridized carbons (Fsp3) is 0.235. The maximum Gasteiger partial charge on any atom is 0.457 e. The summed E-state index contributed by atoms with van der Waals surface area (Å²) in [6, 6.07) is 18.9. The minimum absolute atomic E-state index is 0.241. The SMILES string of the molecule is CCOP(=O)(N=C(Nc1ccccc1)Nc1ccccc1)OCC. The van der Waals surface area contributed by atoms with Crippen molar-refractivity contribution >= 4 is 25.1 Å². The number of rotatable bonds is 7. The van der Waals surface area contributed by atoms with Crippen LogP contribution in [0.1, 0.15) is 13.8 Å². The quantitative estimate of drug-likeness (QED) is 0.430. The van der Waals surface area contributed by atoms with Crippen molar-refractivity contribution in [2.45, 2.75) is 13.8 Å². The van der Waals surface area contributed by atoms with E-state index in [0.29, 0.717) is 0 Å². The van der Waals surface area contributed by atoms with Crippen molar-refractivity contribution in [2.24, 2.45) is 4.76 Å². The zero-order valence-corrected chi connectivity index (χ0v) is 14.7. The predicted octanol–water partition coefficient (Wildman–Crippen LogP) is 4.75. The monoisotopic (exact) mass is 347 g/mol. The van der Waals surface area contributed by atoms with Crippen LogP contribution in [-0.4, -0.2) is 19.2 Å². The van der Waals surface area contributed by atoms with E-state index in [1.165, 1.54) is 0 Å². The van der Waals surface area contributed by atoms with Crippen molar-refractivity contribution in [1.29, 1.82) is 0 Å². The molecular weight excluding hydrogens is 325 g/mol. The molecule has 0 atom stereocenters. The van der Waals surface area contributed by atoms with Gasteiger partial charge in [0.2, 0.25) is 5.96 Å². The summed E-state index contributed by atoms with van der Waals surface area (Å²) in [5.41, 5.74) is 1.61. The van der Waals surface area contributed by atoms with E-state index in [9.17, 15) is 4.57 Å². The van der Waals surface area contributed by atoms with E-state index in [-0.39, 0.29) is 19.2 Å². The molecule has 0 aromatic heterocycles. The summed E-state index contributed by atoms with van der Waals surface area (Å²) in [6.45, 7) is 3.97. The molecule has 128 valence electrons. The van der Waals surface area contributed by atoms with Crippen LogP contribution in [0.3, 0.4) is 0 Å². The van der Waals surface area contributed by atoms with Crippen molar-refractivity contribution in [3.05, 3.63) is 60.7 Å². The molecule has 2 rings (SSSR count). The fourth-order valence-electron chi connectivity index (χ4n) is 1.94. The molecule has 0 bridgehead atoms. The third-order valence-electron chi connectivity index (χ3n) is 2.88. The molecular formula is C17H22N3O3P. The molecule has 0 amide bonds. The van der Waals surface area contributed by atoms with Crippen LogP contribution in [-0.2, 0) is 13.6 Å². The highest BCUT2D eigenvalue weighted by molar-refractivity contribution is 7.52. The molecule has 2 N–H and O–H groups in total. The molecule has 0 fully saturated rings. The Morgan fingerprint density at radius 1 is 0.875 bits per heavy atom. The van der Waals surface area contributed by atoms with Gasteiger partial charge in [0.15, 0.2) is 0 Å². The Morgan fingerprint density at radius 2 is 1.29 bits per heavy atom. The van der Waals surface area contributed by atoms with Gasteiger partial charge in [0.05, 0.1) is 13.2 Å². The maximum absolute atomic E-state index is 12.7. The van der Waals surface area contributed by atoms with Gasteiger partial charge in [-0.1, -0.05) is 36.4 Å². The van der Waals surface area contributed by atoms with Crippen molar-refractivity contribution in [3.8, 4) is 0 Å². The lowest BCUT2D eigenvalue weighted by Crippen LogP contribution is -2.22. The molecule has 0 unspecified atom stereocenters. The number of benzene rings is 2. The van der Waals surface area contributed by atoms with Gasteiger partial charge < -0.3 is 10.6 Å². The Hall–Kier alpha value is -2.14. The van der Waals surface area contributed by atoms with Gasteiger partial charge in [-0.25, -0.2) is 4.57 Å². The van der Waals surface area contributed by atoms with Gasteiger partial charge in [-0.15, -0.1) is 4.76 Å². The zero-order chi connectivity index (χ0) is 17.3. The normalized spacial score (nSPS) is 10.9. The average Bonchev–Trinajstić information content (AvgIpc) is 2.57. The van der Waals surface area contributed by atoms with E-state index >= 15 is 0 Å². The summed E-state index contributed by atoms with van der Waals surface area (Å²) in [5.74, 6) is 0.289. The number of nitrogens with one attached hydrogen (secondary N) is 2. The van der Waals surface area contributed by atoms with Gasteiger partial charge in [0.1, 0.15) is 0 Å². The Labute approximate surface area is 142 Å². The van der Waals surface area contributed by atoms with Crippen LogP contribution in [0.2, 0.25) is 0 Å². The van der Waals surface area contributed by atoms with E-state index in [1.807, 2.05) is 60.7 Å². The maximum atomic E-state index is 12.7. The van der Waals surface area contributed by atoms with Gasteiger partial charge in [0, 0.05) is 11.4 Å². The first-order valence-electron chi connectivity index (χ1n) is 7.78. The molecule has 0 aliphatic heterocycles.